The largest absolute Gasteiger partial charge is 0.488 e. The molecule has 0 spiro atoms. The van der Waals surface area contributed by atoms with Crippen molar-refractivity contribution in [2.24, 2.45) is 5.92 Å². The molecule has 0 unspecified atom stereocenters. The van der Waals surface area contributed by atoms with Gasteiger partial charge >= 0.3 is 6.03 Å². The molecule has 3 amide bonds. The molecule has 2 aromatic carbocycles. The highest BCUT2D eigenvalue weighted by molar-refractivity contribution is 5.90. The average molecular weight is 497 g/mol. The van der Waals surface area contributed by atoms with Gasteiger partial charge in [-0.3, -0.25) is 9.69 Å². The molecule has 36 heavy (non-hydrogen) atoms. The Kier molecular flexibility index (Phi) is 9.73. The summed E-state index contributed by atoms with van der Waals surface area (Å²) in [6, 6.07) is 15.1. The lowest BCUT2D eigenvalue weighted by Crippen LogP contribution is -2.47. The zero-order chi connectivity index (χ0) is 26.2. The highest BCUT2D eigenvalue weighted by Gasteiger charge is 2.31. The first kappa shape index (κ1) is 27.5. The van der Waals surface area contributed by atoms with E-state index in [1.165, 1.54) is 5.56 Å². The summed E-state index contributed by atoms with van der Waals surface area (Å²) < 4.78 is 6.56. The first-order chi connectivity index (χ1) is 17.2. The number of carbonyl (C=O) groups is 2. The van der Waals surface area contributed by atoms with Crippen molar-refractivity contribution in [2.75, 3.05) is 32.1 Å². The van der Waals surface area contributed by atoms with E-state index in [2.05, 4.69) is 41.6 Å². The van der Waals surface area contributed by atoms with Gasteiger partial charge in [0.1, 0.15) is 11.9 Å². The number of benzene rings is 2. The molecule has 0 saturated heterocycles. The van der Waals surface area contributed by atoms with Crippen LogP contribution in [0, 0.1) is 5.92 Å². The van der Waals surface area contributed by atoms with Gasteiger partial charge in [-0.25, -0.2) is 4.79 Å². The number of nitrogens with one attached hydrogen (secondary N) is 2. The van der Waals surface area contributed by atoms with Crippen molar-refractivity contribution >= 4 is 17.6 Å². The lowest BCUT2D eigenvalue weighted by atomic mass is 10.0. The van der Waals surface area contributed by atoms with Crippen molar-refractivity contribution in [1.82, 2.24) is 15.1 Å². The summed E-state index contributed by atoms with van der Waals surface area (Å²) >= 11 is 0. The van der Waals surface area contributed by atoms with Crippen molar-refractivity contribution in [3.8, 4) is 5.75 Å². The van der Waals surface area contributed by atoms with Crippen LogP contribution in [-0.2, 0) is 17.8 Å². The third-order valence-electron chi connectivity index (χ3n) is 6.38. The molecule has 8 heteroatoms. The summed E-state index contributed by atoms with van der Waals surface area (Å²) in [7, 11) is 2.07. The second-order valence-corrected chi connectivity index (χ2v) is 10.1. The van der Waals surface area contributed by atoms with Gasteiger partial charge in [0.25, 0.3) is 0 Å². The Balaban J connectivity index is 1.87. The Morgan fingerprint density at radius 1 is 1.19 bits per heavy atom. The first-order valence-corrected chi connectivity index (χ1v) is 12.7. The number of hydrogen-bond donors (Lipinski definition) is 3. The summed E-state index contributed by atoms with van der Waals surface area (Å²) in [5.41, 5.74) is 2.52. The quantitative estimate of drug-likeness (QED) is 0.520. The van der Waals surface area contributed by atoms with Crippen molar-refractivity contribution in [2.45, 2.75) is 58.8 Å². The lowest BCUT2D eigenvalue weighted by molar-refractivity contribution is -0.134. The molecule has 0 radical (unpaired) electrons. The number of ether oxygens (including phenoxy) is 1. The Morgan fingerprint density at radius 2 is 1.92 bits per heavy atom. The molecule has 0 aromatic heterocycles. The first-order valence-electron chi connectivity index (χ1n) is 12.7. The van der Waals surface area contributed by atoms with Gasteiger partial charge in [0, 0.05) is 42.8 Å². The van der Waals surface area contributed by atoms with Crippen LogP contribution in [0.25, 0.3) is 0 Å². The maximum atomic E-state index is 13.3. The van der Waals surface area contributed by atoms with Crippen LogP contribution in [0.15, 0.2) is 48.5 Å². The minimum Gasteiger partial charge on any atom is -0.488 e. The second kappa shape index (κ2) is 12.7. The number of hydrogen-bond acceptors (Lipinski definition) is 5. The highest BCUT2D eigenvalue weighted by Crippen LogP contribution is 2.29. The van der Waals surface area contributed by atoms with Gasteiger partial charge in [-0.1, -0.05) is 37.3 Å². The van der Waals surface area contributed by atoms with Gasteiger partial charge in [-0.2, -0.15) is 0 Å². The number of carbonyl (C=O) groups excluding carboxylic acids is 2. The van der Waals surface area contributed by atoms with Gasteiger partial charge in [-0.15, -0.1) is 0 Å². The fraction of sp³-hybridized carbons (Fsp3) is 0.500. The summed E-state index contributed by atoms with van der Waals surface area (Å²) in [6.07, 6.45) is -0.0555. The van der Waals surface area contributed by atoms with Gasteiger partial charge < -0.3 is 25.4 Å². The highest BCUT2D eigenvalue weighted by atomic mass is 16.5. The van der Waals surface area contributed by atoms with E-state index in [-0.39, 0.29) is 49.1 Å². The molecule has 1 aliphatic rings. The number of rotatable bonds is 8. The molecule has 3 atom stereocenters. The van der Waals surface area contributed by atoms with Crippen molar-refractivity contribution in [3.63, 3.8) is 0 Å². The van der Waals surface area contributed by atoms with Crippen LogP contribution in [0.4, 0.5) is 10.5 Å². The number of nitrogens with zero attached hydrogens (tertiary/aromatic N) is 2. The number of aliphatic hydroxyl groups excluding tert-OH is 1. The Hall–Kier alpha value is -3.10. The fourth-order valence-corrected chi connectivity index (χ4v) is 4.42. The zero-order valence-electron chi connectivity index (χ0n) is 22.0. The van der Waals surface area contributed by atoms with E-state index < -0.39 is 0 Å². The number of anilines is 1. The van der Waals surface area contributed by atoms with E-state index >= 15 is 0 Å². The van der Waals surface area contributed by atoms with E-state index in [4.69, 9.17) is 4.74 Å². The smallest absolute Gasteiger partial charge is 0.319 e. The molecule has 3 N–H and O–H groups in total. The van der Waals surface area contributed by atoms with Gasteiger partial charge in [-0.05, 0) is 51.6 Å². The monoisotopic (exact) mass is 496 g/mol. The number of likely N-dealkylation sites (N-methyl/N-ethyl adjacent to an activating group) is 1. The maximum absolute atomic E-state index is 13.3. The zero-order valence-corrected chi connectivity index (χ0v) is 22.0. The minimum absolute atomic E-state index is 0.00594. The Morgan fingerprint density at radius 3 is 2.58 bits per heavy atom. The van der Waals surface area contributed by atoms with Crippen LogP contribution in [0.5, 0.6) is 5.75 Å². The van der Waals surface area contributed by atoms with Crippen molar-refractivity contribution < 1.29 is 19.4 Å². The molecule has 1 heterocycles. The average Bonchev–Trinajstić information content (AvgIpc) is 2.86. The van der Waals surface area contributed by atoms with Crippen molar-refractivity contribution in [1.29, 1.82) is 0 Å². The van der Waals surface area contributed by atoms with Gasteiger partial charge in [0.2, 0.25) is 5.91 Å². The molecule has 1 aliphatic heterocycles. The van der Waals surface area contributed by atoms with Crippen LogP contribution < -0.4 is 15.4 Å². The maximum Gasteiger partial charge on any atom is 0.319 e. The molecule has 0 aliphatic carbocycles. The molecule has 3 rings (SSSR count). The van der Waals surface area contributed by atoms with Crippen LogP contribution in [0.2, 0.25) is 0 Å². The van der Waals surface area contributed by atoms with E-state index in [0.29, 0.717) is 30.1 Å². The summed E-state index contributed by atoms with van der Waals surface area (Å²) in [5.74, 6) is 0.596. The predicted molar refractivity (Wildman–Crippen MR) is 142 cm³/mol. The Labute approximate surface area is 214 Å². The lowest BCUT2D eigenvalue weighted by Gasteiger charge is -2.34. The van der Waals surface area contributed by atoms with Crippen LogP contribution in [0.1, 0.15) is 38.8 Å². The predicted octanol–water partition coefficient (Wildman–Crippen LogP) is 3.50. The Bertz CT molecular complexity index is 1010. The molecule has 196 valence electrons. The standard InChI is InChI=1S/C28H40N4O4/c1-19(2)29-28(35)30-24-11-12-25-23(13-24)14-27(34)32(21(4)18-33)15-20(3)26(36-25)17-31(5)16-22-9-7-6-8-10-22/h6-13,19-21,26,33H,14-18H2,1-5H3,(H2,29,30,35)/t20-,21-,26+/m1/s1. The third-order valence-corrected chi connectivity index (χ3v) is 6.38. The van der Waals surface area contributed by atoms with E-state index in [0.717, 1.165) is 6.54 Å². The van der Waals surface area contributed by atoms with Gasteiger partial charge in [0.15, 0.2) is 0 Å². The SMILES string of the molecule is CC(C)NC(=O)Nc1ccc2c(c1)CC(=O)N([C@H](C)CO)C[C@@H](C)[C@H](CN(C)Cc1ccccc1)O2. The van der Waals surface area contributed by atoms with Crippen molar-refractivity contribution in [3.05, 3.63) is 59.7 Å². The molecule has 0 bridgehead atoms. The van der Waals surface area contributed by atoms with Crippen LogP contribution in [0.3, 0.4) is 0 Å². The van der Waals surface area contributed by atoms with E-state index in [1.807, 2.05) is 45.0 Å². The molecule has 8 nitrogen and oxygen atoms in total. The van der Waals surface area contributed by atoms with E-state index in [1.54, 1.807) is 17.0 Å². The third kappa shape index (κ3) is 7.70. The fourth-order valence-electron chi connectivity index (χ4n) is 4.42. The summed E-state index contributed by atoms with van der Waals surface area (Å²) in [5, 5.41) is 15.5. The summed E-state index contributed by atoms with van der Waals surface area (Å²) in [6.45, 7) is 9.55. The summed E-state index contributed by atoms with van der Waals surface area (Å²) in [4.78, 5) is 29.5. The number of aliphatic hydroxyl groups is 1. The molecular weight excluding hydrogens is 456 g/mol. The van der Waals surface area contributed by atoms with E-state index in [9.17, 15) is 14.7 Å². The van der Waals surface area contributed by atoms with Crippen LogP contribution in [-0.4, -0.2) is 71.8 Å². The van der Waals surface area contributed by atoms with Crippen LogP contribution >= 0.6 is 0 Å². The minimum atomic E-state index is -0.303. The topological polar surface area (TPSA) is 94.1 Å². The molecular formula is C28H40N4O4. The number of amides is 3. The molecule has 0 saturated carbocycles. The molecule has 0 fully saturated rings. The second-order valence-electron chi connectivity index (χ2n) is 10.1. The van der Waals surface area contributed by atoms with Gasteiger partial charge in [0.05, 0.1) is 19.1 Å². The normalized spacial score (nSPS) is 19.1. The molecule has 2 aromatic rings. The number of fused-ring (bicyclic) bond motifs is 1. The number of urea groups is 1.